The molecule has 0 aromatic heterocycles. The molecule has 2 unspecified atom stereocenters. The number of hydrogen-bond acceptors (Lipinski definition) is 1. The molecule has 0 spiro atoms. The van der Waals surface area contributed by atoms with Gasteiger partial charge in [0.15, 0.2) is 0 Å². The van der Waals surface area contributed by atoms with Gasteiger partial charge >= 0.3 is 131 Å². The van der Waals surface area contributed by atoms with Crippen LogP contribution in [0.4, 0.5) is 0 Å². The van der Waals surface area contributed by atoms with E-state index in [-0.39, 0.29) is 21.2 Å². The second-order valence-electron chi connectivity index (χ2n) is 4.98. The van der Waals surface area contributed by atoms with E-state index in [0.717, 1.165) is 17.0 Å². The molecule has 2 heteroatoms. The molecule has 2 atom stereocenters. The summed E-state index contributed by atoms with van der Waals surface area (Å²) in [5.41, 5.74) is 1.49. The average molecular weight is 376 g/mol. The Morgan fingerprint density at radius 1 is 0.900 bits per heavy atom. The van der Waals surface area contributed by atoms with Crippen LogP contribution in [0.25, 0.3) is 0 Å². The molecule has 0 saturated carbocycles. The van der Waals surface area contributed by atoms with Gasteiger partial charge in [-0.1, -0.05) is 0 Å². The van der Waals surface area contributed by atoms with Crippen LogP contribution in [-0.2, 0) is 0 Å². The zero-order valence-electron chi connectivity index (χ0n) is 11.4. The minimum absolute atomic E-state index is 0.0310. The fraction of sp³-hybridized carbons (Fsp3) is 0.222. The maximum absolute atomic E-state index is 3.58. The molecule has 1 nitrogen and oxygen atoms in total. The van der Waals surface area contributed by atoms with Gasteiger partial charge in [-0.3, -0.25) is 0 Å². The van der Waals surface area contributed by atoms with Gasteiger partial charge in [-0.05, 0) is 0 Å². The number of rotatable bonds is 3. The molecule has 1 aliphatic heterocycles. The Kier molecular flexibility index (Phi) is 4.87. The molecule has 1 fully saturated rings. The van der Waals surface area contributed by atoms with E-state index in [0.29, 0.717) is 5.92 Å². The molecular formula is C18H19IN-. The Morgan fingerprint density at radius 2 is 1.70 bits per heavy atom. The van der Waals surface area contributed by atoms with Gasteiger partial charge in [-0.15, -0.1) is 0 Å². The first-order valence-electron chi connectivity index (χ1n) is 7.04. The van der Waals surface area contributed by atoms with Gasteiger partial charge in [0.2, 0.25) is 0 Å². The molecule has 104 valence electrons. The third-order valence-electron chi connectivity index (χ3n) is 3.59. The number of benzene rings is 1. The summed E-state index contributed by atoms with van der Waals surface area (Å²) in [6, 6.07) is 11.0. The summed E-state index contributed by atoms with van der Waals surface area (Å²) in [4.78, 5) is 0. The molecule has 1 heterocycles. The molecule has 20 heavy (non-hydrogen) atoms. The van der Waals surface area contributed by atoms with Crippen molar-refractivity contribution in [3.05, 3.63) is 82.0 Å². The SMILES string of the molecule is C1=C\C=C/C([I-]C2CNCC2c2ccccc2)=C\C=C/1. The van der Waals surface area contributed by atoms with Gasteiger partial charge in [-0.2, -0.15) is 0 Å². The number of allylic oxidation sites excluding steroid dienone is 8. The van der Waals surface area contributed by atoms with Crippen molar-refractivity contribution in [1.82, 2.24) is 5.32 Å². The van der Waals surface area contributed by atoms with Gasteiger partial charge in [0.1, 0.15) is 0 Å². The molecular weight excluding hydrogens is 357 g/mol. The Hall–Kier alpha value is -1.13. The van der Waals surface area contributed by atoms with Crippen LogP contribution in [0.2, 0.25) is 0 Å². The zero-order valence-corrected chi connectivity index (χ0v) is 13.5. The second-order valence-corrected chi connectivity index (χ2v) is 8.45. The van der Waals surface area contributed by atoms with Crippen molar-refractivity contribution >= 4 is 0 Å². The normalized spacial score (nSPS) is 32.9. The first-order valence-corrected chi connectivity index (χ1v) is 9.37. The van der Waals surface area contributed by atoms with Gasteiger partial charge in [-0.25, -0.2) is 0 Å². The van der Waals surface area contributed by atoms with Crippen LogP contribution in [0.5, 0.6) is 0 Å². The summed E-state index contributed by atoms with van der Waals surface area (Å²) >= 11 is 0.0310. The van der Waals surface area contributed by atoms with Crippen LogP contribution >= 0.6 is 0 Å². The monoisotopic (exact) mass is 376 g/mol. The Morgan fingerprint density at radius 3 is 2.60 bits per heavy atom. The van der Waals surface area contributed by atoms with Crippen LogP contribution in [0.15, 0.2) is 76.4 Å². The summed E-state index contributed by atoms with van der Waals surface area (Å²) in [5, 5.41) is 3.58. The third-order valence-corrected chi connectivity index (χ3v) is 7.14. The van der Waals surface area contributed by atoms with Crippen LogP contribution < -0.4 is 26.5 Å². The molecule has 1 aliphatic carbocycles. The van der Waals surface area contributed by atoms with Gasteiger partial charge in [0, 0.05) is 0 Å². The Balaban J connectivity index is 1.73. The van der Waals surface area contributed by atoms with Gasteiger partial charge in [0.05, 0.1) is 0 Å². The van der Waals surface area contributed by atoms with Crippen LogP contribution in [0, 0.1) is 0 Å². The number of alkyl halides is 1. The minimum atomic E-state index is 0.0310. The summed E-state index contributed by atoms with van der Waals surface area (Å²) in [5.74, 6) is 0.684. The molecule has 2 aliphatic rings. The number of halogens is 1. The molecule has 0 bridgehead atoms. The van der Waals surface area contributed by atoms with E-state index in [1.807, 2.05) is 0 Å². The van der Waals surface area contributed by atoms with E-state index in [1.165, 1.54) is 9.14 Å². The molecule has 0 amide bonds. The molecule has 0 radical (unpaired) electrons. The van der Waals surface area contributed by atoms with Crippen molar-refractivity contribution < 1.29 is 21.2 Å². The van der Waals surface area contributed by atoms with Crippen molar-refractivity contribution in [2.75, 3.05) is 13.1 Å². The zero-order chi connectivity index (χ0) is 13.6. The topological polar surface area (TPSA) is 12.0 Å². The van der Waals surface area contributed by atoms with Gasteiger partial charge < -0.3 is 0 Å². The molecule has 1 saturated heterocycles. The van der Waals surface area contributed by atoms with Crippen LogP contribution in [-0.4, -0.2) is 17.0 Å². The summed E-state index contributed by atoms with van der Waals surface area (Å²) in [6.07, 6.45) is 15.2. The van der Waals surface area contributed by atoms with Crippen molar-refractivity contribution in [2.24, 2.45) is 0 Å². The fourth-order valence-corrected chi connectivity index (χ4v) is 5.96. The van der Waals surface area contributed by atoms with Crippen LogP contribution in [0.3, 0.4) is 0 Å². The van der Waals surface area contributed by atoms with Crippen LogP contribution in [0.1, 0.15) is 11.5 Å². The van der Waals surface area contributed by atoms with Crippen molar-refractivity contribution in [2.45, 2.75) is 9.84 Å². The predicted molar refractivity (Wildman–Crippen MR) is 81.3 cm³/mol. The van der Waals surface area contributed by atoms with E-state index in [1.54, 1.807) is 0 Å². The first kappa shape index (κ1) is 13.8. The van der Waals surface area contributed by atoms with Gasteiger partial charge in [0.25, 0.3) is 0 Å². The summed E-state index contributed by atoms with van der Waals surface area (Å²) in [7, 11) is 0. The molecule has 3 rings (SSSR count). The first-order chi connectivity index (χ1) is 9.93. The summed E-state index contributed by atoms with van der Waals surface area (Å²) < 4.78 is 2.32. The number of hydrogen-bond donors (Lipinski definition) is 1. The van der Waals surface area contributed by atoms with E-state index < -0.39 is 0 Å². The molecule has 1 N–H and O–H groups in total. The average Bonchev–Trinajstić information content (AvgIpc) is 2.91. The van der Waals surface area contributed by atoms with Crippen molar-refractivity contribution in [3.8, 4) is 0 Å². The Bertz CT molecular complexity index is 554. The van der Waals surface area contributed by atoms with Crippen molar-refractivity contribution in [1.29, 1.82) is 0 Å². The Labute approximate surface area is 131 Å². The second kappa shape index (κ2) is 7.04. The standard InChI is InChI=1S/C18H19IN/c1-2-7-11-16(12-8-3-1)19-18-14-20-13-17(18)15-9-5-4-6-10-15/h1-12,17-18,20H,13-14H2/q-1/b2-1-,3-1?,7-2?,8-3-,11-7-,12-8?,16-11?,16-12+. The third kappa shape index (κ3) is 3.49. The van der Waals surface area contributed by atoms with E-state index in [9.17, 15) is 0 Å². The fourth-order valence-electron chi connectivity index (χ4n) is 2.57. The maximum atomic E-state index is 3.58. The summed E-state index contributed by atoms with van der Waals surface area (Å²) in [6.45, 7) is 2.29. The quantitative estimate of drug-likeness (QED) is 0.595. The van der Waals surface area contributed by atoms with E-state index in [2.05, 4.69) is 78.2 Å². The van der Waals surface area contributed by atoms with E-state index >= 15 is 0 Å². The number of nitrogens with one attached hydrogen (secondary N) is 1. The predicted octanol–water partition coefficient (Wildman–Crippen LogP) is 0.397. The van der Waals surface area contributed by atoms with E-state index in [4.69, 9.17) is 0 Å². The molecule has 1 aromatic carbocycles. The molecule has 1 aromatic rings. The van der Waals surface area contributed by atoms with Crippen molar-refractivity contribution in [3.63, 3.8) is 0 Å².